The second kappa shape index (κ2) is 9.42. The van der Waals surface area contributed by atoms with Gasteiger partial charge in [-0.15, -0.1) is 10.2 Å². The van der Waals surface area contributed by atoms with Crippen molar-refractivity contribution >= 4 is 38.5 Å². The molecule has 1 aliphatic heterocycles. The highest BCUT2D eigenvalue weighted by atomic mass is 32.2. The van der Waals surface area contributed by atoms with Gasteiger partial charge in [0.1, 0.15) is 16.5 Å². The zero-order valence-electron chi connectivity index (χ0n) is 21.3. The Hall–Kier alpha value is -3.29. The van der Waals surface area contributed by atoms with Gasteiger partial charge in [-0.2, -0.15) is 18.4 Å². The SMILES string of the molecule is CC(C)C(=O)N1CCN(c2cc(S(=O)(=O)NC3(C)CC3)cn3c(-c4nnc(C(F)(F)F)s4)nc(C#N)c23)CC1. The number of fused-ring (bicyclic) bond motifs is 1. The van der Waals surface area contributed by atoms with Gasteiger partial charge in [0.25, 0.3) is 0 Å². The van der Waals surface area contributed by atoms with Crippen LogP contribution in [0.1, 0.15) is 44.3 Å². The molecular formula is C23H25F3N8O3S2. The Bertz CT molecular complexity index is 1590. The molecule has 3 aromatic heterocycles. The standard InChI is InChI=1S/C23H25F3N8O3S2/c1-13(2)20(35)33-8-6-32(7-9-33)16-10-14(39(36,37)31-22(3)4-5-22)12-34-17(16)15(11-27)28-18(34)19-29-30-21(38-19)23(24,25)26/h10,12-13,31H,4-9H2,1-3H3. The van der Waals surface area contributed by atoms with Gasteiger partial charge >= 0.3 is 6.18 Å². The lowest BCUT2D eigenvalue weighted by atomic mass is 10.1. The van der Waals surface area contributed by atoms with Crippen LogP contribution >= 0.6 is 11.3 Å². The van der Waals surface area contributed by atoms with Crippen LogP contribution in [0.2, 0.25) is 0 Å². The number of rotatable bonds is 6. The summed E-state index contributed by atoms with van der Waals surface area (Å²) < 4.78 is 70.5. The molecule has 1 saturated heterocycles. The smallest absolute Gasteiger partial charge is 0.366 e. The van der Waals surface area contributed by atoms with Crippen molar-refractivity contribution in [2.45, 2.75) is 50.2 Å². The van der Waals surface area contributed by atoms with Crippen molar-refractivity contribution in [2.75, 3.05) is 31.1 Å². The Morgan fingerprint density at radius 3 is 2.41 bits per heavy atom. The Morgan fingerprint density at radius 2 is 1.87 bits per heavy atom. The van der Waals surface area contributed by atoms with E-state index in [1.165, 1.54) is 16.7 Å². The number of sulfonamides is 1. The summed E-state index contributed by atoms with van der Waals surface area (Å²) in [7, 11) is -4.04. The van der Waals surface area contributed by atoms with E-state index in [0.717, 1.165) is 0 Å². The second-order valence-electron chi connectivity index (χ2n) is 10.2. The second-order valence-corrected chi connectivity index (χ2v) is 12.9. The van der Waals surface area contributed by atoms with Crippen LogP contribution in [0.15, 0.2) is 17.2 Å². The maximum absolute atomic E-state index is 13.4. The first-order chi connectivity index (χ1) is 18.2. The molecular weight excluding hydrogens is 557 g/mol. The molecule has 0 aromatic carbocycles. The van der Waals surface area contributed by atoms with E-state index in [9.17, 15) is 31.6 Å². The van der Waals surface area contributed by atoms with Crippen LogP contribution in [0.25, 0.3) is 16.3 Å². The van der Waals surface area contributed by atoms with E-state index in [1.54, 1.807) is 11.8 Å². The number of nitrogens with one attached hydrogen (secondary N) is 1. The molecule has 5 rings (SSSR count). The Morgan fingerprint density at radius 1 is 1.21 bits per heavy atom. The van der Waals surface area contributed by atoms with Crippen molar-refractivity contribution < 1.29 is 26.4 Å². The van der Waals surface area contributed by atoms with Crippen molar-refractivity contribution in [3.05, 3.63) is 23.0 Å². The van der Waals surface area contributed by atoms with E-state index in [1.807, 2.05) is 24.8 Å². The molecule has 3 aromatic rings. The van der Waals surface area contributed by atoms with Crippen LogP contribution in [0, 0.1) is 17.2 Å². The zero-order valence-corrected chi connectivity index (χ0v) is 22.9. The van der Waals surface area contributed by atoms with Gasteiger partial charge in [0.05, 0.1) is 5.69 Å². The minimum absolute atomic E-state index is 0.000839. The van der Waals surface area contributed by atoms with E-state index < -0.39 is 26.7 Å². The third-order valence-electron chi connectivity index (χ3n) is 6.77. The highest BCUT2D eigenvalue weighted by Crippen LogP contribution is 2.39. The van der Waals surface area contributed by atoms with Gasteiger partial charge in [0.2, 0.25) is 20.9 Å². The molecule has 16 heteroatoms. The average molecular weight is 583 g/mol. The number of halogens is 3. The van der Waals surface area contributed by atoms with Gasteiger partial charge < -0.3 is 9.80 Å². The molecule has 39 heavy (non-hydrogen) atoms. The highest BCUT2D eigenvalue weighted by Gasteiger charge is 2.42. The largest absolute Gasteiger partial charge is 0.445 e. The summed E-state index contributed by atoms with van der Waals surface area (Å²) in [5, 5.41) is 15.3. The number of anilines is 1. The highest BCUT2D eigenvalue weighted by molar-refractivity contribution is 7.89. The number of piperazine rings is 1. The summed E-state index contributed by atoms with van der Waals surface area (Å²) in [6.45, 7) is 6.87. The predicted molar refractivity (Wildman–Crippen MR) is 135 cm³/mol. The number of hydrogen-bond donors (Lipinski definition) is 1. The lowest BCUT2D eigenvalue weighted by Gasteiger charge is -2.37. The monoisotopic (exact) mass is 582 g/mol. The van der Waals surface area contributed by atoms with Gasteiger partial charge in [-0.05, 0) is 25.8 Å². The first-order valence-electron chi connectivity index (χ1n) is 12.2. The molecule has 0 atom stereocenters. The number of carbonyl (C=O) groups is 1. The lowest BCUT2D eigenvalue weighted by molar-refractivity contribution is -0.138. The van der Waals surface area contributed by atoms with E-state index in [-0.39, 0.29) is 50.1 Å². The molecule has 0 bridgehead atoms. The Balaban J connectivity index is 1.65. The summed E-state index contributed by atoms with van der Waals surface area (Å²) in [6.07, 6.45) is -2.14. The molecule has 11 nitrogen and oxygen atoms in total. The van der Waals surface area contributed by atoms with Crippen LogP contribution in [0.5, 0.6) is 0 Å². The first-order valence-corrected chi connectivity index (χ1v) is 14.5. The summed E-state index contributed by atoms with van der Waals surface area (Å²) in [4.78, 5) is 20.2. The molecule has 1 saturated carbocycles. The number of carbonyl (C=O) groups excluding carboxylic acids is 1. The predicted octanol–water partition coefficient (Wildman–Crippen LogP) is 2.88. The molecule has 4 heterocycles. The summed E-state index contributed by atoms with van der Waals surface area (Å²) in [6, 6.07) is 3.41. The number of pyridine rings is 1. The van der Waals surface area contributed by atoms with Crippen LogP contribution in [-0.2, 0) is 21.0 Å². The van der Waals surface area contributed by atoms with Crippen molar-refractivity contribution in [1.29, 1.82) is 5.26 Å². The number of amides is 1. The fourth-order valence-electron chi connectivity index (χ4n) is 4.42. The normalized spacial score (nSPS) is 17.6. The number of hydrogen-bond acceptors (Lipinski definition) is 9. The maximum atomic E-state index is 13.4. The summed E-state index contributed by atoms with van der Waals surface area (Å²) in [5.74, 6) is -0.305. The van der Waals surface area contributed by atoms with Crippen molar-refractivity contribution in [2.24, 2.45) is 5.92 Å². The Kier molecular flexibility index (Phi) is 6.59. The van der Waals surface area contributed by atoms with Crippen molar-refractivity contribution in [1.82, 2.24) is 29.2 Å². The lowest BCUT2D eigenvalue weighted by Crippen LogP contribution is -2.50. The maximum Gasteiger partial charge on any atom is 0.445 e. The first kappa shape index (κ1) is 27.3. The molecule has 2 fully saturated rings. The average Bonchev–Trinajstić information content (AvgIpc) is 3.26. The number of nitriles is 1. The molecule has 1 aliphatic carbocycles. The van der Waals surface area contributed by atoms with E-state index in [4.69, 9.17) is 0 Å². The van der Waals surface area contributed by atoms with Crippen molar-refractivity contribution in [3.63, 3.8) is 0 Å². The molecule has 0 unspecified atom stereocenters. The number of nitrogens with zero attached hydrogens (tertiary/aromatic N) is 7. The van der Waals surface area contributed by atoms with Gasteiger partial charge in [-0.1, -0.05) is 25.2 Å². The third-order valence-corrected chi connectivity index (χ3v) is 9.34. The number of imidazole rings is 1. The molecule has 0 spiro atoms. The van der Waals surface area contributed by atoms with E-state index >= 15 is 0 Å². The molecule has 208 valence electrons. The van der Waals surface area contributed by atoms with Gasteiger partial charge in [0, 0.05) is 43.8 Å². The zero-order chi connectivity index (χ0) is 28.3. The van der Waals surface area contributed by atoms with Crippen LogP contribution in [0.3, 0.4) is 0 Å². The van der Waals surface area contributed by atoms with Crippen LogP contribution in [0.4, 0.5) is 18.9 Å². The van der Waals surface area contributed by atoms with Crippen LogP contribution in [-0.4, -0.2) is 70.5 Å². The van der Waals surface area contributed by atoms with Gasteiger partial charge in [-0.3, -0.25) is 9.20 Å². The molecule has 1 N–H and O–H groups in total. The minimum Gasteiger partial charge on any atom is -0.366 e. The molecule has 0 radical (unpaired) electrons. The summed E-state index contributed by atoms with van der Waals surface area (Å²) >= 11 is 0.250. The van der Waals surface area contributed by atoms with Gasteiger partial charge in [0.15, 0.2) is 16.5 Å². The number of aromatic nitrogens is 4. The minimum atomic E-state index is -4.72. The topological polar surface area (TPSA) is 137 Å². The fourth-order valence-corrected chi connectivity index (χ4v) is 6.60. The third kappa shape index (κ3) is 5.18. The quantitative estimate of drug-likeness (QED) is 0.469. The fraction of sp³-hybridized carbons (Fsp3) is 0.522. The van der Waals surface area contributed by atoms with E-state index in [2.05, 4.69) is 19.9 Å². The van der Waals surface area contributed by atoms with Crippen molar-refractivity contribution in [3.8, 4) is 16.9 Å². The van der Waals surface area contributed by atoms with Gasteiger partial charge in [-0.25, -0.2) is 18.1 Å². The molecule has 2 aliphatic rings. The Labute approximate surface area is 226 Å². The number of alkyl halides is 3. The van der Waals surface area contributed by atoms with Crippen LogP contribution < -0.4 is 9.62 Å². The molecule has 1 amide bonds. The summed E-state index contributed by atoms with van der Waals surface area (Å²) in [5.41, 5.74) is -0.0777. The van der Waals surface area contributed by atoms with E-state index in [0.29, 0.717) is 44.7 Å².